The van der Waals surface area contributed by atoms with E-state index in [0.717, 1.165) is 28.8 Å². The number of carbonyl (C=O) groups excluding carboxylic acids is 1. The first-order chi connectivity index (χ1) is 11.4. The molecule has 0 radical (unpaired) electrons. The molecule has 0 amide bonds. The van der Waals surface area contributed by atoms with Gasteiger partial charge in [-0.2, -0.15) is 0 Å². The molecule has 130 valence electrons. The van der Waals surface area contributed by atoms with Crippen molar-refractivity contribution in [3.63, 3.8) is 0 Å². The Morgan fingerprint density at radius 2 is 2.00 bits per heavy atom. The fraction of sp³-hybridized carbons (Fsp3) is 0.333. The van der Waals surface area contributed by atoms with Crippen LogP contribution in [0.1, 0.15) is 35.5 Å². The van der Waals surface area contributed by atoms with Crippen molar-refractivity contribution in [2.45, 2.75) is 32.3 Å². The summed E-state index contributed by atoms with van der Waals surface area (Å²) >= 11 is 1.80. The lowest BCUT2D eigenvalue weighted by Gasteiger charge is -1.98. The number of rotatable bonds is 6. The molecular formula is C18H22O5S. The van der Waals surface area contributed by atoms with Gasteiger partial charge in [0.05, 0.1) is 12.9 Å². The average Bonchev–Trinajstić information content (AvgIpc) is 3.13. The zero-order valence-electron chi connectivity index (χ0n) is 14.3. The Kier molecular flexibility index (Phi) is 8.02. The normalized spacial score (nSPS) is 9.67. The number of aryl methyl sites for hydroxylation is 2. The highest BCUT2D eigenvalue weighted by atomic mass is 32.2. The maximum absolute atomic E-state index is 9.09. The summed E-state index contributed by atoms with van der Waals surface area (Å²) in [5.74, 6) is 6.82. The Balaban J connectivity index is 0.000000505. The summed E-state index contributed by atoms with van der Waals surface area (Å²) < 4.78 is 16.2. The number of furan rings is 2. The maximum atomic E-state index is 9.09. The van der Waals surface area contributed by atoms with E-state index >= 15 is 0 Å². The van der Waals surface area contributed by atoms with Gasteiger partial charge < -0.3 is 18.7 Å². The summed E-state index contributed by atoms with van der Waals surface area (Å²) in [6.45, 7) is 8.97. The van der Waals surface area contributed by atoms with Gasteiger partial charge in [0.2, 0.25) is 0 Å². The molecule has 0 saturated carbocycles. The Hall–Kier alpha value is -2.30. The van der Waals surface area contributed by atoms with E-state index in [1.54, 1.807) is 18.9 Å². The van der Waals surface area contributed by atoms with Crippen LogP contribution in [0.4, 0.5) is 0 Å². The first-order valence-corrected chi connectivity index (χ1v) is 8.39. The van der Waals surface area contributed by atoms with Crippen molar-refractivity contribution >= 4 is 23.5 Å². The number of thioether (sulfide) groups is 1. The molecule has 0 aliphatic rings. The number of methoxy groups -OCH3 is 1. The third-order valence-corrected chi connectivity index (χ3v) is 3.99. The van der Waals surface area contributed by atoms with E-state index in [0.29, 0.717) is 11.5 Å². The number of hydrogen-bond donors (Lipinski definition) is 1. The van der Waals surface area contributed by atoms with Crippen LogP contribution in [-0.2, 0) is 21.0 Å². The molecule has 0 atom stereocenters. The van der Waals surface area contributed by atoms with Crippen LogP contribution in [0.5, 0.6) is 0 Å². The van der Waals surface area contributed by atoms with Crippen LogP contribution < -0.4 is 0 Å². The van der Waals surface area contributed by atoms with E-state index in [-0.39, 0.29) is 5.76 Å². The first-order valence-electron chi connectivity index (χ1n) is 7.23. The molecule has 0 bridgehead atoms. The summed E-state index contributed by atoms with van der Waals surface area (Å²) in [4.78, 5) is 9.09. The van der Waals surface area contributed by atoms with Gasteiger partial charge in [-0.05, 0) is 32.0 Å². The zero-order chi connectivity index (χ0) is 18.1. The molecular weight excluding hydrogens is 328 g/mol. The fourth-order valence-corrected chi connectivity index (χ4v) is 2.69. The Labute approximate surface area is 146 Å². The average molecular weight is 350 g/mol. The third kappa shape index (κ3) is 6.44. The molecule has 0 aliphatic heterocycles. The van der Waals surface area contributed by atoms with Gasteiger partial charge in [0.1, 0.15) is 17.3 Å². The molecule has 1 N–H and O–H groups in total. The number of ether oxygens (including phenoxy) is 1. The van der Waals surface area contributed by atoms with E-state index in [1.165, 1.54) is 18.4 Å². The van der Waals surface area contributed by atoms with Gasteiger partial charge in [0.15, 0.2) is 23.2 Å². The van der Waals surface area contributed by atoms with Crippen LogP contribution >= 0.6 is 11.8 Å². The molecule has 0 fully saturated rings. The molecule has 0 spiro atoms. The standard InChI is InChI=1S/C15H18O3S.C3H4O2/c1-10-5-6-14(17-10)9-19-8-13-7-15(12(3)16-4)18-11(13)2;1-3(5)2-4/h5-7H,3,8-9H2,1-2,4H3;5H,1H3. The quantitative estimate of drug-likeness (QED) is 0.595. The lowest BCUT2D eigenvalue weighted by molar-refractivity contribution is 0.351. The van der Waals surface area contributed by atoms with Gasteiger partial charge in [-0.25, -0.2) is 4.79 Å². The molecule has 2 rings (SSSR count). The Bertz CT molecular complexity index is 716. The van der Waals surface area contributed by atoms with Crippen molar-refractivity contribution in [3.05, 3.63) is 59.1 Å². The van der Waals surface area contributed by atoms with Crippen LogP contribution in [0, 0.1) is 13.8 Å². The van der Waals surface area contributed by atoms with Gasteiger partial charge >= 0.3 is 0 Å². The maximum Gasteiger partial charge on any atom is 0.173 e. The van der Waals surface area contributed by atoms with E-state index < -0.39 is 0 Å². The molecule has 2 heterocycles. The van der Waals surface area contributed by atoms with Gasteiger partial charge in [0.25, 0.3) is 0 Å². The van der Waals surface area contributed by atoms with Gasteiger partial charge in [-0.3, -0.25) is 0 Å². The topological polar surface area (TPSA) is 72.8 Å². The summed E-state index contributed by atoms with van der Waals surface area (Å²) in [7, 11) is 1.59. The minimum absolute atomic E-state index is 0.301. The fourth-order valence-electron chi connectivity index (χ4n) is 1.73. The molecule has 5 nitrogen and oxygen atoms in total. The zero-order valence-corrected chi connectivity index (χ0v) is 15.2. The second-order valence-electron chi connectivity index (χ2n) is 5.01. The largest absolute Gasteiger partial charge is 0.502 e. The minimum Gasteiger partial charge on any atom is -0.502 e. The van der Waals surface area contributed by atoms with Crippen molar-refractivity contribution < 1.29 is 23.5 Å². The summed E-state index contributed by atoms with van der Waals surface area (Å²) in [5, 5.41) is 7.85. The van der Waals surface area contributed by atoms with Crippen LogP contribution in [0.25, 0.3) is 5.76 Å². The lowest BCUT2D eigenvalue weighted by atomic mass is 10.3. The minimum atomic E-state index is -0.301. The smallest absolute Gasteiger partial charge is 0.173 e. The second kappa shape index (κ2) is 9.75. The van der Waals surface area contributed by atoms with Crippen LogP contribution in [0.15, 0.2) is 39.4 Å². The number of allylic oxidation sites excluding steroid dienone is 1. The van der Waals surface area contributed by atoms with E-state index in [4.69, 9.17) is 23.5 Å². The first kappa shape index (κ1) is 19.7. The van der Waals surface area contributed by atoms with E-state index in [2.05, 4.69) is 6.58 Å². The van der Waals surface area contributed by atoms with E-state index in [9.17, 15) is 0 Å². The Morgan fingerprint density at radius 1 is 1.33 bits per heavy atom. The third-order valence-electron chi connectivity index (χ3n) is 2.99. The number of hydrogen-bond acceptors (Lipinski definition) is 6. The highest BCUT2D eigenvalue weighted by Gasteiger charge is 2.10. The molecule has 24 heavy (non-hydrogen) atoms. The van der Waals surface area contributed by atoms with Crippen LogP contribution in [-0.4, -0.2) is 18.2 Å². The molecule has 2 aromatic rings. The monoisotopic (exact) mass is 350 g/mol. The summed E-state index contributed by atoms with van der Waals surface area (Å²) in [5.41, 5.74) is 1.17. The molecule has 0 saturated heterocycles. The molecule has 0 aliphatic carbocycles. The predicted octanol–water partition coefficient (Wildman–Crippen LogP) is 4.82. The Morgan fingerprint density at radius 3 is 2.50 bits per heavy atom. The van der Waals surface area contributed by atoms with E-state index in [1.807, 2.05) is 32.0 Å². The van der Waals surface area contributed by atoms with Crippen molar-refractivity contribution in [3.8, 4) is 0 Å². The van der Waals surface area contributed by atoms with Crippen molar-refractivity contribution in [2.24, 2.45) is 0 Å². The van der Waals surface area contributed by atoms with Gasteiger partial charge in [-0.1, -0.05) is 6.58 Å². The summed E-state index contributed by atoms with van der Waals surface area (Å²) in [6.07, 6.45) is 0. The molecule has 2 aromatic heterocycles. The molecule has 0 unspecified atom stereocenters. The molecule has 6 heteroatoms. The predicted molar refractivity (Wildman–Crippen MR) is 95.4 cm³/mol. The van der Waals surface area contributed by atoms with Gasteiger partial charge in [-0.15, -0.1) is 11.8 Å². The highest BCUT2D eigenvalue weighted by molar-refractivity contribution is 7.97. The van der Waals surface area contributed by atoms with Crippen molar-refractivity contribution in [1.82, 2.24) is 0 Å². The molecule has 0 aromatic carbocycles. The number of aliphatic hydroxyl groups excluding tert-OH is 1. The summed E-state index contributed by atoms with van der Waals surface area (Å²) in [6, 6.07) is 5.99. The van der Waals surface area contributed by atoms with Crippen LogP contribution in [0.2, 0.25) is 0 Å². The van der Waals surface area contributed by atoms with Gasteiger partial charge in [0, 0.05) is 18.2 Å². The lowest BCUT2D eigenvalue weighted by Crippen LogP contribution is -1.82. The van der Waals surface area contributed by atoms with Crippen LogP contribution in [0.3, 0.4) is 0 Å². The second-order valence-corrected chi connectivity index (χ2v) is 6.00. The SMILES string of the molecule is C=C(OC)c1cc(CSCc2ccc(C)o2)c(C)o1.CC(O)=C=O. The number of aliphatic hydroxyl groups is 1. The highest BCUT2D eigenvalue weighted by Crippen LogP contribution is 2.26. The van der Waals surface area contributed by atoms with Crippen molar-refractivity contribution in [2.75, 3.05) is 7.11 Å². The van der Waals surface area contributed by atoms with Crippen molar-refractivity contribution in [1.29, 1.82) is 0 Å².